The van der Waals surface area contributed by atoms with Gasteiger partial charge in [0, 0.05) is 24.3 Å². The van der Waals surface area contributed by atoms with Crippen LogP contribution in [-0.4, -0.2) is 21.9 Å². The molecule has 0 saturated heterocycles. The molecule has 0 amide bonds. The molecular formula is C15H16ClN3S. The van der Waals surface area contributed by atoms with E-state index in [1.807, 2.05) is 43.4 Å². The molecule has 1 aromatic carbocycles. The molecule has 0 aliphatic heterocycles. The Bertz CT molecular complexity index is 598. The maximum atomic E-state index is 5.88. The fourth-order valence-corrected chi connectivity index (χ4v) is 2.35. The van der Waals surface area contributed by atoms with E-state index in [0.29, 0.717) is 10.7 Å². The highest BCUT2D eigenvalue weighted by molar-refractivity contribution is 7.80. The average molecular weight is 306 g/mol. The van der Waals surface area contributed by atoms with Crippen LogP contribution in [0.4, 0.5) is 0 Å². The van der Waals surface area contributed by atoms with E-state index in [9.17, 15) is 0 Å². The van der Waals surface area contributed by atoms with Crippen molar-refractivity contribution in [2.45, 2.75) is 13.1 Å². The smallest absolute Gasteiger partial charge is 0.123 e. The maximum Gasteiger partial charge on any atom is 0.123 e. The Morgan fingerprint density at radius 1 is 1.25 bits per heavy atom. The number of nitrogens with two attached hydrogens (primary N) is 1. The molecule has 0 radical (unpaired) electrons. The van der Waals surface area contributed by atoms with E-state index >= 15 is 0 Å². The van der Waals surface area contributed by atoms with Crippen molar-refractivity contribution in [3.63, 3.8) is 0 Å². The highest BCUT2D eigenvalue weighted by Gasteiger charge is 2.09. The molecule has 5 heteroatoms. The van der Waals surface area contributed by atoms with Crippen LogP contribution in [-0.2, 0) is 13.1 Å². The first-order valence-electron chi connectivity index (χ1n) is 6.23. The molecule has 0 atom stereocenters. The Labute approximate surface area is 129 Å². The predicted octanol–water partition coefficient (Wildman–Crippen LogP) is 3.00. The van der Waals surface area contributed by atoms with Crippen molar-refractivity contribution in [2.24, 2.45) is 5.73 Å². The summed E-state index contributed by atoms with van der Waals surface area (Å²) in [6.07, 6.45) is 1.71. The maximum absolute atomic E-state index is 5.88. The standard InChI is InChI=1S/C15H16ClN3S/c1-19(9-11-4-6-13(16)7-5-11)10-12-3-2-8-18-14(12)15(17)20/h2-8H,9-10H2,1H3,(H2,17,20). The lowest BCUT2D eigenvalue weighted by Gasteiger charge is -2.18. The van der Waals surface area contributed by atoms with Crippen LogP contribution in [0.15, 0.2) is 42.6 Å². The highest BCUT2D eigenvalue weighted by Crippen LogP contribution is 2.13. The summed E-state index contributed by atoms with van der Waals surface area (Å²) in [5.74, 6) is 0. The Morgan fingerprint density at radius 2 is 1.95 bits per heavy atom. The lowest BCUT2D eigenvalue weighted by Crippen LogP contribution is -2.21. The lowest BCUT2D eigenvalue weighted by atomic mass is 10.1. The van der Waals surface area contributed by atoms with Gasteiger partial charge in [-0.25, -0.2) is 0 Å². The number of aromatic nitrogens is 1. The summed E-state index contributed by atoms with van der Waals surface area (Å²) >= 11 is 10.9. The zero-order valence-corrected chi connectivity index (χ0v) is 12.8. The SMILES string of the molecule is CN(Cc1ccc(Cl)cc1)Cc1cccnc1C(N)=S. The lowest BCUT2D eigenvalue weighted by molar-refractivity contribution is 0.318. The number of pyridine rings is 1. The Kier molecular flexibility index (Phi) is 5.06. The third-order valence-corrected chi connectivity index (χ3v) is 3.38. The number of rotatable bonds is 5. The summed E-state index contributed by atoms with van der Waals surface area (Å²) in [7, 11) is 2.05. The van der Waals surface area contributed by atoms with Gasteiger partial charge in [-0.2, -0.15) is 0 Å². The largest absolute Gasteiger partial charge is 0.388 e. The quantitative estimate of drug-likeness (QED) is 0.862. The topological polar surface area (TPSA) is 42.2 Å². The zero-order chi connectivity index (χ0) is 14.5. The van der Waals surface area contributed by atoms with Crippen LogP contribution >= 0.6 is 23.8 Å². The molecule has 0 saturated carbocycles. The minimum atomic E-state index is 0.334. The second-order valence-electron chi connectivity index (χ2n) is 4.67. The number of hydrogen-bond donors (Lipinski definition) is 1. The first kappa shape index (κ1) is 14.9. The van der Waals surface area contributed by atoms with Crippen molar-refractivity contribution in [2.75, 3.05) is 7.05 Å². The van der Waals surface area contributed by atoms with E-state index in [0.717, 1.165) is 23.7 Å². The molecule has 0 aliphatic rings. The predicted molar refractivity (Wildman–Crippen MR) is 86.7 cm³/mol. The summed E-state index contributed by atoms with van der Waals surface area (Å²) in [6.45, 7) is 1.56. The van der Waals surface area contributed by atoms with Crippen molar-refractivity contribution in [3.8, 4) is 0 Å². The van der Waals surface area contributed by atoms with Crippen LogP contribution in [0.5, 0.6) is 0 Å². The van der Waals surface area contributed by atoms with Crippen LogP contribution < -0.4 is 5.73 Å². The van der Waals surface area contributed by atoms with Crippen molar-refractivity contribution in [3.05, 3.63) is 64.4 Å². The molecule has 0 fully saturated rings. The zero-order valence-electron chi connectivity index (χ0n) is 11.2. The molecule has 3 nitrogen and oxygen atoms in total. The van der Waals surface area contributed by atoms with Crippen molar-refractivity contribution in [1.29, 1.82) is 0 Å². The third kappa shape index (κ3) is 4.00. The molecule has 0 bridgehead atoms. The molecule has 1 heterocycles. The van der Waals surface area contributed by atoms with Gasteiger partial charge in [0.05, 0.1) is 0 Å². The molecule has 104 valence electrons. The Balaban J connectivity index is 2.06. The van der Waals surface area contributed by atoms with Gasteiger partial charge in [0.25, 0.3) is 0 Å². The number of nitrogens with zero attached hydrogens (tertiary/aromatic N) is 2. The van der Waals surface area contributed by atoms with Gasteiger partial charge in [0.2, 0.25) is 0 Å². The minimum absolute atomic E-state index is 0.334. The molecule has 20 heavy (non-hydrogen) atoms. The van der Waals surface area contributed by atoms with Crippen LogP contribution in [0.2, 0.25) is 5.02 Å². The first-order valence-corrected chi connectivity index (χ1v) is 7.01. The van der Waals surface area contributed by atoms with E-state index in [4.69, 9.17) is 29.6 Å². The molecule has 2 N–H and O–H groups in total. The fraction of sp³-hybridized carbons (Fsp3) is 0.200. The van der Waals surface area contributed by atoms with E-state index in [1.54, 1.807) is 6.20 Å². The molecule has 0 unspecified atom stereocenters. The Morgan fingerprint density at radius 3 is 2.60 bits per heavy atom. The molecule has 0 aliphatic carbocycles. The molecule has 1 aromatic heterocycles. The number of halogens is 1. The van der Waals surface area contributed by atoms with E-state index in [2.05, 4.69) is 9.88 Å². The van der Waals surface area contributed by atoms with E-state index in [1.165, 1.54) is 5.56 Å². The second kappa shape index (κ2) is 6.79. The summed E-state index contributed by atoms with van der Waals surface area (Å²) in [6, 6.07) is 11.7. The Hall–Kier alpha value is -1.49. The van der Waals surface area contributed by atoms with Gasteiger partial charge in [0.15, 0.2) is 0 Å². The molecule has 2 aromatic rings. The third-order valence-electron chi connectivity index (χ3n) is 2.93. The van der Waals surface area contributed by atoms with E-state index in [-0.39, 0.29) is 0 Å². The minimum Gasteiger partial charge on any atom is -0.388 e. The van der Waals surface area contributed by atoms with Crippen LogP contribution in [0.1, 0.15) is 16.8 Å². The number of benzene rings is 1. The van der Waals surface area contributed by atoms with Crippen LogP contribution in [0.25, 0.3) is 0 Å². The van der Waals surface area contributed by atoms with Gasteiger partial charge in [-0.1, -0.05) is 42.0 Å². The molecule has 2 rings (SSSR count). The van der Waals surface area contributed by atoms with E-state index < -0.39 is 0 Å². The highest BCUT2D eigenvalue weighted by atomic mass is 35.5. The number of thiocarbonyl (C=S) groups is 1. The monoisotopic (exact) mass is 305 g/mol. The average Bonchev–Trinajstić information content (AvgIpc) is 2.41. The van der Waals surface area contributed by atoms with Gasteiger partial charge in [-0.3, -0.25) is 9.88 Å². The normalized spacial score (nSPS) is 10.8. The van der Waals surface area contributed by atoms with Gasteiger partial charge in [-0.05, 0) is 36.4 Å². The summed E-state index contributed by atoms with van der Waals surface area (Å²) in [4.78, 5) is 6.76. The van der Waals surface area contributed by atoms with Crippen LogP contribution in [0.3, 0.4) is 0 Å². The van der Waals surface area contributed by atoms with Crippen LogP contribution in [0, 0.1) is 0 Å². The number of hydrogen-bond acceptors (Lipinski definition) is 3. The van der Waals surface area contributed by atoms with Gasteiger partial charge in [-0.15, -0.1) is 0 Å². The fourth-order valence-electron chi connectivity index (χ4n) is 2.04. The molecular weight excluding hydrogens is 290 g/mol. The van der Waals surface area contributed by atoms with Gasteiger partial charge >= 0.3 is 0 Å². The summed E-state index contributed by atoms with van der Waals surface area (Å²) < 4.78 is 0. The van der Waals surface area contributed by atoms with Gasteiger partial charge in [0.1, 0.15) is 10.7 Å². The van der Waals surface area contributed by atoms with Gasteiger partial charge < -0.3 is 5.73 Å². The van der Waals surface area contributed by atoms with Crippen molar-refractivity contribution in [1.82, 2.24) is 9.88 Å². The first-order chi connectivity index (χ1) is 9.56. The summed E-state index contributed by atoms with van der Waals surface area (Å²) in [5.41, 5.74) is 8.64. The van der Waals surface area contributed by atoms with Crippen molar-refractivity contribution < 1.29 is 0 Å². The second-order valence-corrected chi connectivity index (χ2v) is 5.55. The van der Waals surface area contributed by atoms with Crippen molar-refractivity contribution >= 4 is 28.8 Å². The molecule has 0 spiro atoms. The summed E-state index contributed by atoms with van der Waals surface area (Å²) in [5, 5.41) is 0.749.